The molecular formula is C18H25N3. The van der Waals surface area contributed by atoms with E-state index < -0.39 is 0 Å². The van der Waals surface area contributed by atoms with E-state index in [1.54, 1.807) is 0 Å². The maximum absolute atomic E-state index is 6.22. The van der Waals surface area contributed by atoms with Crippen molar-refractivity contribution >= 4 is 10.9 Å². The van der Waals surface area contributed by atoms with Crippen molar-refractivity contribution in [1.29, 1.82) is 0 Å². The third-order valence-corrected chi connectivity index (χ3v) is 4.73. The van der Waals surface area contributed by atoms with E-state index in [4.69, 9.17) is 5.73 Å². The van der Waals surface area contributed by atoms with E-state index in [0.717, 1.165) is 37.3 Å². The molecule has 1 fully saturated rings. The highest BCUT2D eigenvalue weighted by atomic mass is 15.1. The maximum Gasteiger partial charge on any atom is 0.0708 e. The summed E-state index contributed by atoms with van der Waals surface area (Å²) >= 11 is 0. The molecule has 0 spiro atoms. The van der Waals surface area contributed by atoms with Crippen molar-refractivity contribution in [3.8, 4) is 0 Å². The molecule has 3 heteroatoms. The van der Waals surface area contributed by atoms with E-state index in [-0.39, 0.29) is 0 Å². The van der Waals surface area contributed by atoms with Crippen LogP contribution in [0.1, 0.15) is 31.0 Å². The Hall–Kier alpha value is -1.45. The van der Waals surface area contributed by atoms with Crippen LogP contribution in [0, 0.1) is 12.8 Å². The summed E-state index contributed by atoms with van der Waals surface area (Å²) in [6, 6.07) is 11.1. The minimum absolute atomic E-state index is 0.377. The number of piperidine rings is 1. The van der Waals surface area contributed by atoms with Crippen LogP contribution >= 0.6 is 0 Å². The Morgan fingerprint density at radius 1 is 1.33 bits per heavy atom. The molecule has 0 aliphatic carbocycles. The zero-order valence-electron chi connectivity index (χ0n) is 13.0. The molecule has 2 aromatic rings. The number of hydrogen-bond donors (Lipinski definition) is 1. The van der Waals surface area contributed by atoms with Gasteiger partial charge in [0.1, 0.15) is 0 Å². The van der Waals surface area contributed by atoms with E-state index in [0.29, 0.717) is 12.0 Å². The van der Waals surface area contributed by atoms with Gasteiger partial charge in [0.2, 0.25) is 0 Å². The number of rotatable bonds is 3. The molecule has 1 saturated heterocycles. The predicted molar refractivity (Wildman–Crippen MR) is 88.1 cm³/mol. The van der Waals surface area contributed by atoms with Gasteiger partial charge in [-0.15, -0.1) is 0 Å². The third-order valence-electron chi connectivity index (χ3n) is 4.73. The number of nitrogens with two attached hydrogens (primary N) is 1. The summed E-state index contributed by atoms with van der Waals surface area (Å²) in [6.07, 6.45) is 2.29. The van der Waals surface area contributed by atoms with Gasteiger partial charge in [-0.3, -0.25) is 9.88 Å². The topological polar surface area (TPSA) is 42.2 Å². The van der Waals surface area contributed by atoms with Crippen molar-refractivity contribution in [3.05, 3.63) is 41.6 Å². The van der Waals surface area contributed by atoms with Crippen LogP contribution in [-0.4, -0.2) is 29.0 Å². The number of benzene rings is 1. The summed E-state index contributed by atoms with van der Waals surface area (Å²) in [5.41, 5.74) is 9.82. The molecule has 2 heterocycles. The molecule has 112 valence electrons. The number of aryl methyl sites for hydroxylation is 1. The minimum atomic E-state index is 0.377. The third kappa shape index (κ3) is 3.09. The average molecular weight is 283 g/mol. The molecule has 1 aromatic carbocycles. The van der Waals surface area contributed by atoms with E-state index in [1.165, 1.54) is 17.4 Å². The Kier molecular flexibility index (Phi) is 4.22. The number of pyridine rings is 1. The SMILES string of the molecule is CCC1CN(Cc2cc(C)nc3ccccc23)CCC1N. The molecule has 0 saturated carbocycles. The first-order valence-electron chi connectivity index (χ1n) is 8.00. The Morgan fingerprint density at radius 3 is 2.95 bits per heavy atom. The van der Waals surface area contributed by atoms with Crippen LogP contribution in [0.3, 0.4) is 0 Å². The smallest absolute Gasteiger partial charge is 0.0708 e. The summed E-state index contributed by atoms with van der Waals surface area (Å²) in [7, 11) is 0. The van der Waals surface area contributed by atoms with Crippen LogP contribution in [0.5, 0.6) is 0 Å². The van der Waals surface area contributed by atoms with Gasteiger partial charge in [0, 0.05) is 30.2 Å². The fourth-order valence-electron chi connectivity index (χ4n) is 3.47. The molecule has 0 radical (unpaired) electrons. The number of aromatic nitrogens is 1. The maximum atomic E-state index is 6.22. The summed E-state index contributed by atoms with van der Waals surface area (Å²) < 4.78 is 0. The van der Waals surface area contributed by atoms with Crippen molar-refractivity contribution in [2.24, 2.45) is 11.7 Å². The minimum Gasteiger partial charge on any atom is -0.327 e. The lowest BCUT2D eigenvalue weighted by Gasteiger charge is -2.36. The molecule has 2 atom stereocenters. The van der Waals surface area contributed by atoms with Gasteiger partial charge in [0.05, 0.1) is 5.52 Å². The average Bonchev–Trinajstić information content (AvgIpc) is 2.49. The van der Waals surface area contributed by atoms with Gasteiger partial charge in [-0.25, -0.2) is 0 Å². The van der Waals surface area contributed by atoms with Crippen LogP contribution in [0.15, 0.2) is 30.3 Å². The highest BCUT2D eigenvalue weighted by Gasteiger charge is 2.25. The molecule has 2 N–H and O–H groups in total. The lowest BCUT2D eigenvalue weighted by molar-refractivity contribution is 0.146. The Morgan fingerprint density at radius 2 is 2.14 bits per heavy atom. The molecule has 0 bridgehead atoms. The second-order valence-corrected chi connectivity index (χ2v) is 6.30. The Labute approximate surface area is 127 Å². The van der Waals surface area contributed by atoms with E-state index >= 15 is 0 Å². The lowest BCUT2D eigenvalue weighted by atomic mass is 9.90. The number of para-hydroxylation sites is 1. The standard InChI is InChI=1S/C18H25N3/c1-3-14-11-21(9-8-17(14)19)12-15-10-13(2)20-18-7-5-4-6-16(15)18/h4-7,10,14,17H,3,8-9,11-12,19H2,1-2H3. The normalized spacial score (nSPS) is 23.6. The lowest BCUT2D eigenvalue weighted by Crippen LogP contribution is -2.46. The first kappa shape index (κ1) is 14.5. The van der Waals surface area contributed by atoms with Crippen LogP contribution in [0.4, 0.5) is 0 Å². The molecule has 2 unspecified atom stereocenters. The molecular weight excluding hydrogens is 258 g/mol. The van der Waals surface area contributed by atoms with Crippen molar-refractivity contribution in [3.63, 3.8) is 0 Å². The van der Waals surface area contributed by atoms with Gasteiger partial charge < -0.3 is 5.73 Å². The molecule has 1 aliphatic heterocycles. The first-order chi connectivity index (χ1) is 10.2. The summed E-state index contributed by atoms with van der Waals surface area (Å²) in [5, 5.41) is 1.28. The monoisotopic (exact) mass is 283 g/mol. The highest BCUT2D eigenvalue weighted by Crippen LogP contribution is 2.24. The molecule has 3 nitrogen and oxygen atoms in total. The van der Waals surface area contributed by atoms with E-state index in [2.05, 4.69) is 54.1 Å². The summed E-state index contributed by atoms with van der Waals surface area (Å²) in [4.78, 5) is 7.19. The first-order valence-corrected chi connectivity index (χ1v) is 8.00. The van der Waals surface area contributed by atoms with Gasteiger partial charge in [-0.05, 0) is 43.5 Å². The van der Waals surface area contributed by atoms with Crippen LogP contribution in [-0.2, 0) is 6.54 Å². The number of fused-ring (bicyclic) bond motifs is 1. The fourth-order valence-corrected chi connectivity index (χ4v) is 3.47. The number of likely N-dealkylation sites (tertiary alicyclic amines) is 1. The summed E-state index contributed by atoms with van der Waals surface area (Å²) in [5.74, 6) is 0.632. The molecule has 21 heavy (non-hydrogen) atoms. The predicted octanol–water partition coefficient (Wildman–Crippen LogP) is 3.10. The van der Waals surface area contributed by atoms with Gasteiger partial charge in [-0.2, -0.15) is 0 Å². The van der Waals surface area contributed by atoms with Gasteiger partial charge >= 0.3 is 0 Å². The molecule has 1 aromatic heterocycles. The molecule has 3 rings (SSSR count). The highest BCUT2D eigenvalue weighted by molar-refractivity contribution is 5.82. The van der Waals surface area contributed by atoms with Gasteiger partial charge in [0.15, 0.2) is 0 Å². The zero-order valence-corrected chi connectivity index (χ0v) is 13.0. The van der Waals surface area contributed by atoms with Crippen LogP contribution < -0.4 is 5.73 Å². The Balaban J connectivity index is 1.85. The van der Waals surface area contributed by atoms with Gasteiger partial charge in [0.25, 0.3) is 0 Å². The second kappa shape index (κ2) is 6.12. The van der Waals surface area contributed by atoms with Gasteiger partial charge in [-0.1, -0.05) is 31.5 Å². The Bertz CT molecular complexity index is 623. The van der Waals surface area contributed by atoms with Crippen LogP contribution in [0.25, 0.3) is 10.9 Å². The zero-order chi connectivity index (χ0) is 14.8. The van der Waals surface area contributed by atoms with E-state index in [9.17, 15) is 0 Å². The fraction of sp³-hybridized carbons (Fsp3) is 0.500. The molecule has 0 amide bonds. The van der Waals surface area contributed by atoms with E-state index in [1.807, 2.05) is 0 Å². The molecule has 1 aliphatic rings. The number of nitrogens with zero attached hydrogens (tertiary/aromatic N) is 2. The van der Waals surface area contributed by atoms with Crippen LogP contribution in [0.2, 0.25) is 0 Å². The quantitative estimate of drug-likeness (QED) is 0.941. The van der Waals surface area contributed by atoms with Crippen molar-refractivity contribution in [2.45, 2.75) is 39.3 Å². The van der Waals surface area contributed by atoms with Crippen molar-refractivity contribution in [2.75, 3.05) is 13.1 Å². The summed E-state index contributed by atoms with van der Waals surface area (Å²) in [6.45, 7) is 7.56. The second-order valence-electron chi connectivity index (χ2n) is 6.30. The largest absolute Gasteiger partial charge is 0.327 e. The van der Waals surface area contributed by atoms with Crippen molar-refractivity contribution < 1.29 is 0 Å². The number of hydrogen-bond acceptors (Lipinski definition) is 3. The van der Waals surface area contributed by atoms with Crippen molar-refractivity contribution in [1.82, 2.24) is 9.88 Å².